The van der Waals surface area contributed by atoms with Crippen LogP contribution in [-0.2, 0) is 9.53 Å². The Labute approximate surface area is 95.5 Å². The number of amides is 1. The molecule has 0 aliphatic carbocycles. The minimum Gasteiger partial charge on any atom is -0.386 e. The third kappa shape index (κ3) is 2.07. The van der Waals surface area contributed by atoms with Crippen molar-refractivity contribution in [3.63, 3.8) is 0 Å². The first-order chi connectivity index (χ1) is 7.56. The summed E-state index contributed by atoms with van der Waals surface area (Å²) in [4.78, 5) is 13.7. The van der Waals surface area contributed by atoms with E-state index < -0.39 is 5.60 Å². The number of nitrogens with two attached hydrogens (primary N) is 1. The third-order valence-electron chi connectivity index (χ3n) is 3.44. The standard InChI is InChI=1S/C11H20N2O3/c1-2-3-11(15)6-13(7-11)10(14)8-4-16-5-9(8)12/h8-9,15H,2-7,12H2,1H3. The lowest BCUT2D eigenvalue weighted by Gasteiger charge is -2.47. The van der Waals surface area contributed by atoms with Crippen molar-refractivity contribution in [3.8, 4) is 0 Å². The van der Waals surface area contributed by atoms with Crippen molar-refractivity contribution in [1.82, 2.24) is 4.90 Å². The molecule has 0 radical (unpaired) electrons. The van der Waals surface area contributed by atoms with E-state index in [2.05, 4.69) is 0 Å². The minimum atomic E-state index is -0.659. The van der Waals surface area contributed by atoms with Gasteiger partial charge in [-0.3, -0.25) is 4.79 Å². The molecule has 0 spiro atoms. The fourth-order valence-electron chi connectivity index (χ4n) is 2.50. The summed E-state index contributed by atoms with van der Waals surface area (Å²) in [5, 5.41) is 9.98. The van der Waals surface area contributed by atoms with Crippen molar-refractivity contribution in [2.24, 2.45) is 11.7 Å². The highest BCUT2D eigenvalue weighted by Crippen LogP contribution is 2.28. The lowest BCUT2D eigenvalue weighted by atomic mass is 9.87. The van der Waals surface area contributed by atoms with Crippen LogP contribution in [0.4, 0.5) is 0 Å². The van der Waals surface area contributed by atoms with E-state index in [1.165, 1.54) is 0 Å². The smallest absolute Gasteiger partial charge is 0.229 e. The molecule has 92 valence electrons. The van der Waals surface area contributed by atoms with E-state index in [4.69, 9.17) is 10.5 Å². The maximum Gasteiger partial charge on any atom is 0.229 e. The molecule has 2 aliphatic heterocycles. The van der Waals surface area contributed by atoms with Gasteiger partial charge >= 0.3 is 0 Å². The van der Waals surface area contributed by atoms with Gasteiger partial charge in [0.05, 0.1) is 37.8 Å². The normalized spacial score (nSPS) is 32.6. The van der Waals surface area contributed by atoms with Gasteiger partial charge < -0.3 is 20.5 Å². The van der Waals surface area contributed by atoms with E-state index in [0.29, 0.717) is 26.3 Å². The highest BCUT2D eigenvalue weighted by atomic mass is 16.5. The summed E-state index contributed by atoms with van der Waals surface area (Å²) in [5.74, 6) is -0.183. The molecule has 5 heteroatoms. The number of carbonyl (C=O) groups excluding carboxylic acids is 1. The molecule has 0 aromatic rings. The van der Waals surface area contributed by atoms with E-state index in [9.17, 15) is 9.90 Å². The number of β-amino-alcohol motifs (C(OH)–C–C–N with tert-alkyl or cyclic N) is 1. The maximum atomic E-state index is 12.0. The Balaban J connectivity index is 1.85. The first-order valence-corrected chi connectivity index (χ1v) is 5.90. The van der Waals surface area contributed by atoms with E-state index in [1.54, 1.807) is 4.90 Å². The lowest BCUT2D eigenvalue weighted by Crippen LogP contribution is -2.65. The van der Waals surface area contributed by atoms with Crippen LogP contribution < -0.4 is 5.73 Å². The topological polar surface area (TPSA) is 75.8 Å². The molecule has 16 heavy (non-hydrogen) atoms. The van der Waals surface area contributed by atoms with Gasteiger partial charge in [-0.25, -0.2) is 0 Å². The minimum absolute atomic E-state index is 0.0331. The van der Waals surface area contributed by atoms with Gasteiger partial charge in [0.25, 0.3) is 0 Å². The zero-order valence-corrected chi connectivity index (χ0v) is 9.69. The van der Waals surface area contributed by atoms with Crippen molar-refractivity contribution in [2.75, 3.05) is 26.3 Å². The van der Waals surface area contributed by atoms with E-state index in [-0.39, 0.29) is 17.9 Å². The molecule has 3 N–H and O–H groups in total. The molecular weight excluding hydrogens is 208 g/mol. The van der Waals surface area contributed by atoms with Crippen molar-refractivity contribution >= 4 is 5.91 Å². The molecule has 0 bridgehead atoms. The lowest BCUT2D eigenvalue weighted by molar-refractivity contribution is -0.160. The third-order valence-corrected chi connectivity index (χ3v) is 3.44. The number of rotatable bonds is 3. The van der Waals surface area contributed by atoms with Crippen molar-refractivity contribution in [2.45, 2.75) is 31.4 Å². The summed E-state index contributed by atoms with van der Waals surface area (Å²) in [6.07, 6.45) is 1.69. The van der Waals surface area contributed by atoms with Gasteiger partial charge in [-0.2, -0.15) is 0 Å². The Bertz CT molecular complexity index is 276. The van der Waals surface area contributed by atoms with Crippen LogP contribution in [0.15, 0.2) is 0 Å². The fraction of sp³-hybridized carbons (Fsp3) is 0.909. The molecule has 2 aliphatic rings. The maximum absolute atomic E-state index is 12.0. The molecular formula is C11H20N2O3. The highest BCUT2D eigenvalue weighted by molar-refractivity contribution is 5.81. The SMILES string of the molecule is CCCC1(O)CN(C(=O)C2COCC2N)C1. The molecule has 2 fully saturated rings. The average Bonchev–Trinajstić information content (AvgIpc) is 2.60. The van der Waals surface area contributed by atoms with Gasteiger partial charge in [-0.15, -0.1) is 0 Å². The Morgan fingerprint density at radius 1 is 1.56 bits per heavy atom. The predicted molar refractivity (Wildman–Crippen MR) is 58.7 cm³/mol. The van der Waals surface area contributed by atoms with E-state index >= 15 is 0 Å². The summed E-state index contributed by atoms with van der Waals surface area (Å²) in [7, 11) is 0. The highest BCUT2D eigenvalue weighted by Gasteiger charge is 2.46. The molecule has 2 atom stereocenters. The first-order valence-electron chi connectivity index (χ1n) is 5.90. The van der Waals surface area contributed by atoms with Crippen molar-refractivity contribution in [3.05, 3.63) is 0 Å². The van der Waals surface area contributed by atoms with Gasteiger partial charge in [0.1, 0.15) is 0 Å². The van der Waals surface area contributed by atoms with E-state index in [1.807, 2.05) is 6.92 Å². The van der Waals surface area contributed by atoms with Crippen LogP contribution in [0, 0.1) is 5.92 Å². The molecule has 0 saturated carbocycles. The molecule has 2 rings (SSSR count). The summed E-state index contributed by atoms with van der Waals surface area (Å²) < 4.78 is 5.17. The second-order valence-corrected chi connectivity index (χ2v) is 4.98. The van der Waals surface area contributed by atoms with Crippen LogP contribution in [0.3, 0.4) is 0 Å². The number of ether oxygens (including phenoxy) is 1. The second kappa shape index (κ2) is 4.31. The second-order valence-electron chi connectivity index (χ2n) is 4.98. The Morgan fingerprint density at radius 3 is 2.75 bits per heavy atom. The zero-order valence-electron chi connectivity index (χ0n) is 9.69. The zero-order chi connectivity index (χ0) is 11.8. The number of likely N-dealkylation sites (tertiary alicyclic amines) is 1. The molecule has 2 heterocycles. The van der Waals surface area contributed by atoms with Crippen LogP contribution in [0.1, 0.15) is 19.8 Å². The molecule has 2 unspecified atom stereocenters. The number of nitrogens with zero attached hydrogens (tertiary/aromatic N) is 1. The van der Waals surface area contributed by atoms with Gasteiger partial charge in [-0.1, -0.05) is 13.3 Å². The number of hydrogen-bond acceptors (Lipinski definition) is 4. The van der Waals surface area contributed by atoms with Gasteiger partial charge in [-0.05, 0) is 6.42 Å². The molecule has 1 amide bonds. The van der Waals surface area contributed by atoms with Crippen molar-refractivity contribution < 1.29 is 14.6 Å². The number of aliphatic hydroxyl groups is 1. The van der Waals surface area contributed by atoms with Crippen LogP contribution in [-0.4, -0.2) is 53.9 Å². The summed E-state index contributed by atoms with van der Waals surface area (Å²) in [6.45, 7) is 3.81. The summed E-state index contributed by atoms with van der Waals surface area (Å²) in [6, 6.07) is -0.188. The molecule has 0 aromatic heterocycles. The van der Waals surface area contributed by atoms with Crippen LogP contribution in [0.5, 0.6) is 0 Å². The van der Waals surface area contributed by atoms with Crippen molar-refractivity contribution in [1.29, 1.82) is 0 Å². The number of carbonyl (C=O) groups is 1. The van der Waals surface area contributed by atoms with Crippen LogP contribution in [0.25, 0.3) is 0 Å². The fourth-order valence-corrected chi connectivity index (χ4v) is 2.50. The van der Waals surface area contributed by atoms with Crippen LogP contribution >= 0.6 is 0 Å². The molecule has 5 nitrogen and oxygen atoms in total. The van der Waals surface area contributed by atoms with Gasteiger partial charge in [0.15, 0.2) is 0 Å². The Hall–Kier alpha value is -0.650. The molecule has 0 aromatic carbocycles. The summed E-state index contributed by atoms with van der Waals surface area (Å²) in [5.41, 5.74) is 5.13. The predicted octanol–water partition coefficient (Wildman–Crippen LogP) is -0.666. The quantitative estimate of drug-likeness (QED) is 0.672. The average molecular weight is 228 g/mol. The van der Waals surface area contributed by atoms with Gasteiger partial charge in [0, 0.05) is 6.04 Å². The van der Waals surface area contributed by atoms with Gasteiger partial charge in [0.2, 0.25) is 5.91 Å². The Morgan fingerprint density at radius 2 is 2.25 bits per heavy atom. The number of hydrogen-bond donors (Lipinski definition) is 2. The molecule has 2 saturated heterocycles. The van der Waals surface area contributed by atoms with Crippen LogP contribution in [0.2, 0.25) is 0 Å². The van der Waals surface area contributed by atoms with E-state index in [0.717, 1.165) is 12.8 Å². The summed E-state index contributed by atoms with van der Waals surface area (Å²) >= 11 is 0. The monoisotopic (exact) mass is 228 g/mol. The Kier molecular flexibility index (Phi) is 3.19. The first kappa shape index (κ1) is 11.8. The largest absolute Gasteiger partial charge is 0.386 e.